The van der Waals surface area contributed by atoms with Crippen molar-refractivity contribution in [1.29, 1.82) is 0 Å². The maximum Gasteiger partial charge on any atom is 0.247 e. The third-order valence-electron chi connectivity index (χ3n) is 3.62. The smallest absolute Gasteiger partial charge is 0.247 e. The molecule has 0 saturated heterocycles. The average molecular weight is 435 g/mol. The topological polar surface area (TPSA) is 59.9 Å². The number of anilines is 1. The third kappa shape index (κ3) is 3.51. The molecule has 0 saturated carbocycles. The normalized spacial score (nSPS) is 15.5. The van der Waals surface area contributed by atoms with Crippen LogP contribution in [0.3, 0.4) is 0 Å². The average Bonchev–Trinajstić information content (AvgIpc) is 2.99. The monoisotopic (exact) mass is 434 g/mol. The minimum absolute atomic E-state index is 0.320. The number of rotatable bonds is 4. The molecule has 1 aliphatic heterocycles. The summed E-state index contributed by atoms with van der Waals surface area (Å²) in [5.41, 5.74) is 2.57. The maximum atomic E-state index is 6.21. The summed E-state index contributed by atoms with van der Waals surface area (Å²) in [5, 5.41) is 12.8. The highest BCUT2D eigenvalue weighted by molar-refractivity contribution is 9.11. The zero-order valence-corrected chi connectivity index (χ0v) is 16.6. The van der Waals surface area contributed by atoms with Crippen molar-refractivity contribution in [3.63, 3.8) is 0 Å². The van der Waals surface area contributed by atoms with Gasteiger partial charge in [0.05, 0.1) is 8.66 Å². The predicted molar refractivity (Wildman–Crippen MR) is 105 cm³/mol. The van der Waals surface area contributed by atoms with Gasteiger partial charge in [-0.3, -0.25) is 0 Å². The molecule has 128 valence electrons. The molecule has 1 N–H and O–H groups in total. The van der Waals surface area contributed by atoms with Crippen LogP contribution in [0.2, 0.25) is 0 Å². The number of halogens is 1. The molecule has 8 heteroatoms. The molecule has 0 amide bonds. The van der Waals surface area contributed by atoms with E-state index in [1.165, 1.54) is 0 Å². The van der Waals surface area contributed by atoms with Gasteiger partial charge in [-0.1, -0.05) is 36.9 Å². The molecule has 25 heavy (non-hydrogen) atoms. The standard InChI is InChI=1S/C17H15BrN4OS2/c1-2-9-24-17-20-16-14(21-22-17)10-5-3-4-6-11(10)19-15(23-16)12-7-8-13(18)25-12/h3-8,15,19H,2,9H2,1H3. The second-order valence-electron chi connectivity index (χ2n) is 5.43. The summed E-state index contributed by atoms with van der Waals surface area (Å²) in [5.74, 6) is 1.47. The third-order valence-corrected chi connectivity index (χ3v) is 6.33. The highest BCUT2D eigenvalue weighted by Crippen LogP contribution is 2.41. The van der Waals surface area contributed by atoms with Crippen molar-refractivity contribution in [2.45, 2.75) is 24.7 Å². The predicted octanol–water partition coefficient (Wildman–Crippen LogP) is 5.37. The van der Waals surface area contributed by atoms with E-state index in [1.54, 1.807) is 23.1 Å². The molecule has 0 aliphatic carbocycles. The second-order valence-corrected chi connectivity index (χ2v) is 8.98. The van der Waals surface area contributed by atoms with Crippen LogP contribution in [0.1, 0.15) is 24.4 Å². The zero-order valence-electron chi connectivity index (χ0n) is 13.4. The summed E-state index contributed by atoms with van der Waals surface area (Å²) in [6.07, 6.45) is 0.738. The molecule has 2 aromatic heterocycles. The molecule has 1 aromatic carbocycles. The Kier molecular flexibility index (Phi) is 4.91. The van der Waals surface area contributed by atoms with Gasteiger partial charge >= 0.3 is 0 Å². The molecular formula is C17H15BrN4OS2. The highest BCUT2D eigenvalue weighted by atomic mass is 79.9. The number of hydrogen-bond acceptors (Lipinski definition) is 7. The van der Waals surface area contributed by atoms with E-state index in [0.717, 1.165) is 32.1 Å². The van der Waals surface area contributed by atoms with Crippen molar-refractivity contribution in [2.75, 3.05) is 11.1 Å². The lowest BCUT2D eigenvalue weighted by atomic mass is 10.1. The Labute approximate surface area is 162 Å². The van der Waals surface area contributed by atoms with Crippen LogP contribution in [0, 0.1) is 0 Å². The quantitative estimate of drug-likeness (QED) is 0.557. The lowest BCUT2D eigenvalue weighted by molar-refractivity contribution is 0.229. The molecule has 4 rings (SSSR count). The Hall–Kier alpha value is -1.64. The van der Waals surface area contributed by atoms with Crippen LogP contribution in [0.15, 0.2) is 45.3 Å². The first-order valence-corrected chi connectivity index (χ1v) is 10.5. The van der Waals surface area contributed by atoms with Crippen molar-refractivity contribution in [3.8, 4) is 17.1 Å². The number of thioether (sulfide) groups is 1. The number of aromatic nitrogens is 3. The van der Waals surface area contributed by atoms with Crippen molar-refractivity contribution in [2.24, 2.45) is 0 Å². The summed E-state index contributed by atoms with van der Waals surface area (Å²) >= 11 is 6.74. The van der Waals surface area contributed by atoms with Crippen molar-refractivity contribution >= 4 is 44.7 Å². The first-order valence-electron chi connectivity index (χ1n) is 7.90. The fourth-order valence-electron chi connectivity index (χ4n) is 2.50. The minimum atomic E-state index is -0.320. The fourth-order valence-corrected chi connectivity index (χ4v) is 4.54. The molecule has 1 aliphatic rings. The van der Waals surface area contributed by atoms with E-state index >= 15 is 0 Å². The molecule has 0 radical (unpaired) electrons. The van der Waals surface area contributed by atoms with Crippen LogP contribution in [0.4, 0.5) is 5.69 Å². The highest BCUT2D eigenvalue weighted by Gasteiger charge is 2.26. The van der Waals surface area contributed by atoms with Crippen LogP contribution in [-0.4, -0.2) is 20.9 Å². The number of nitrogens with one attached hydrogen (secondary N) is 1. The molecule has 1 unspecified atom stereocenters. The molecule has 1 atom stereocenters. The largest absolute Gasteiger partial charge is 0.447 e. The molecular weight excluding hydrogens is 420 g/mol. The van der Waals surface area contributed by atoms with Gasteiger partial charge in [-0.15, -0.1) is 21.5 Å². The number of nitrogens with zero attached hydrogens (tertiary/aromatic N) is 3. The lowest BCUT2D eigenvalue weighted by Gasteiger charge is -2.17. The van der Waals surface area contributed by atoms with Gasteiger partial charge in [0.2, 0.25) is 17.3 Å². The van der Waals surface area contributed by atoms with Crippen LogP contribution < -0.4 is 10.1 Å². The summed E-state index contributed by atoms with van der Waals surface area (Å²) in [6.45, 7) is 2.13. The minimum Gasteiger partial charge on any atom is -0.447 e. The molecule has 0 bridgehead atoms. The Morgan fingerprint density at radius 2 is 2.12 bits per heavy atom. The van der Waals surface area contributed by atoms with Gasteiger partial charge in [-0.2, -0.15) is 4.98 Å². The summed E-state index contributed by atoms with van der Waals surface area (Å²) in [6, 6.07) is 12.1. The van der Waals surface area contributed by atoms with Crippen molar-refractivity contribution < 1.29 is 4.74 Å². The number of benzene rings is 1. The van der Waals surface area contributed by atoms with Gasteiger partial charge in [-0.05, 0) is 40.5 Å². The first-order chi connectivity index (χ1) is 12.2. The second kappa shape index (κ2) is 7.31. The van der Waals surface area contributed by atoms with E-state index in [2.05, 4.69) is 43.4 Å². The Morgan fingerprint density at radius 3 is 2.92 bits per heavy atom. The number of thiophene rings is 1. The van der Waals surface area contributed by atoms with Crippen molar-refractivity contribution in [1.82, 2.24) is 15.2 Å². The summed E-state index contributed by atoms with van der Waals surface area (Å²) in [4.78, 5) is 5.68. The summed E-state index contributed by atoms with van der Waals surface area (Å²) < 4.78 is 7.27. The zero-order chi connectivity index (χ0) is 17.2. The van der Waals surface area contributed by atoms with Crippen LogP contribution in [0.25, 0.3) is 11.3 Å². The molecule has 0 spiro atoms. The van der Waals surface area contributed by atoms with Gasteiger partial charge in [-0.25, -0.2) is 0 Å². The van der Waals surface area contributed by atoms with Crippen LogP contribution >= 0.6 is 39.0 Å². The Morgan fingerprint density at radius 1 is 1.24 bits per heavy atom. The van der Waals surface area contributed by atoms with Gasteiger partial charge in [0, 0.05) is 17.0 Å². The Balaban J connectivity index is 1.79. The van der Waals surface area contributed by atoms with E-state index in [9.17, 15) is 0 Å². The fraction of sp³-hybridized carbons (Fsp3) is 0.235. The number of fused-ring (bicyclic) bond motifs is 3. The number of para-hydroxylation sites is 1. The molecule has 0 fully saturated rings. The lowest BCUT2D eigenvalue weighted by Crippen LogP contribution is -2.15. The van der Waals surface area contributed by atoms with E-state index in [4.69, 9.17) is 4.74 Å². The van der Waals surface area contributed by atoms with Crippen LogP contribution in [0.5, 0.6) is 5.88 Å². The van der Waals surface area contributed by atoms with Gasteiger partial charge in [0.1, 0.15) is 0 Å². The van der Waals surface area contributed by atoms with E-state index in [0.29, 0.717) is 16.7 Å². The first kappa shape index (κ1) is 16.8. The molecule has 3 aromatic rings. The van der Waals surface area contributed by atoms with Crippen molar-refractivity contribution in [3.05, 3.63) is 45.1 Å². The number of hydrogen-bond donors (Lipinski definition) is 1. The molecule has 3 heterocycles. The van der Waals surface area contributed by atoms with Gasteiger partial charge in [0.15, 0.2) is 5.69 Å². The van der Waals surface area contributed by atoms with E-state index in [1.807, 2.05) is 36.4 Å². The van der Waals surface area contributed by atoms with Gasteiger partial charge in [0.25, 0.3) is 0 Å². The van der Waals surface area contributed by atoms with Crippen LogP contribution in [-0.2, 0) is 0 Å². The van der Waals surface area contributed by atoms with E-state index < -0.39 is 0 Å². The Bertz CT molecular complexity index is 902. The number of ether oxygens (including phenoxy) is 1. The van der Waals surface area contributed by atoms with Gasteiger partial charge < -0.3 is 10.1 Å². The SMILES string of the molecule is CCCSc1nnc2c(n1)OC(c1ccc(Br)s1)Nc1ccccc1-2. The maximum absolute atomic E-state index is 6.21. The van der Waals surface area contributed by atoms with E-state index in [-0.39, 0.29) is 6.23 Å². The molecule has 5 nitrogen and oxygen atoms in total. The summed E-state index contributed by atoms with van der Waals surface area (Å²) in [7, 11) is 0.